The molecule has 0 radical (unpaired) electrons. The van der Waals surface area contributed by atoms with Crippen LogP contribution in [0, 0.1) is 0 Å². The number of rotatable bonds is 1. The van der Waals surface area contributed by atoms with Gasteiger partial charge < -0.3 is 5.73 Å². The molecule has 0 heterocycles. The van der Waals surface area contributed by atoms with E-state index < -0.39 is 5.92 Å². The summed E-state index contributed by atoms with van der Waals surface area (Å²) in [5.74, 6) is -2.85. The van der Waals surface area contributed by atoms with Crippen molar-refractivity contribution in [2.45, 2.75) is 12.8 Å². The van der Waals surface area contributed by atoms with Crippen LogP contribution in [0.2, 0.25) is 0 Å². The molecule has 0 amide bonds. The SMILES string of the molecule is CC(F)(F)c1cccc(N)c1Br. The third-order valence-electron chi connectivity index (χ3n) is 1.50. The number of benzene rings is 1. The molecule has 1 aromatic rings. The first-order chi connectivity index (χ1) is 5.43. The Hall–Kier alpha value is -0.640. The molecule has 66 valence electrons. The van der Waals surface area contributed by atoms with E-state index >= 15 is 0 Å². The minimum absolute atomic E-state index is 0.0810. The Morgan fingerprint density at radius 3 is 2.42 bits per heavy atom. The van der Waals surface area contributed by atoms with E-state index in [-0.39, 0.29) is 10.0 Å². The van der Waals surface area contributed by atoms with Crippen LogP contribution in [0.25, 0.3) is 0 Å². The lowest BCUT2D eigenvalue weighted by Crippen LogP contribution is -2.08. The highest BCUT2D eigenvalue weighted by atomic mass is 79.9. The standard InChI is InChI=1S/C8H8BrF2N/c1-8(10,11)5-3-2-4-6(12)7(5)9/h2-4H,12H2,1H3. The number of anilines is 1. The minimum Gasteiger partial charge on any atom is -0.398 e. The Morgan fingerprint density at radius 2 is 2.00 bits per heavy atom. The fourth-order valence-electron chi connectivity index (χ4n) is 0.889. The van der Waals surface area contributed by atoms with Crippen molar-refractivity contribution < 1.29 is 8.78 Å². The predicted octanol–water partition coefficient (Wildman–Crippen LogP) is 3.14. The van der Waals surface area contributed by atoms with Gasteiger partial charge in [0, 0.05) is 22.6 Å². The molecule has 4 heteroatoms. The second-order valence-electron chi connectivity index (χ2n) is 2.60. The van der Waals surface area contributed by atoms with Crippen molar-refractivity contribution in [1.29, 1.82) is 0 Å². The molecule has 0 saturated carbocycles. The molecule has 1 aromatic carbocycles. The molecule has 0 spiro atoms. The zero-order valence-electron chi connectivity index (χ0n) is 6.44. The maximum atomic E-state index is 12.8. The summed E-state index contributed by atoms with van der Waals surface area (Å²) in [5.41, 5.74) is 5.68. The van der Waals surface area contributed by atoms with Gasteiger partial charge in [0.15, 0.2) is 0 Å². The summed E-state index contributed by atoms with van der Waals surface area (Å²) in [5, 5.41) is 0. The molecule has 0 aliphatic rings. The lowest BCUT2D eigenvalue weighted by molar-refractivity contribution is 0.0168. The van der Waals surface area contributed by atoms with Crippen LogP contribution in [0.3, 0.4) is 0 Å². The summed E-state index contributed by atoms with van der Waals surface area (Å²) in [6, 6.07) is 4.42. The van der Waals surface area contributed by atoms with Gasteiger partial charge in [0.2, 0.25) is 0 Å². The van der Waals surface area contributed by atoms with E-state index in [1.165, 1.54) is 12.1 Å². The van der Waals surface area contributed by atoms with Crippen LogP contribution in [0.15, 0.2) is 22.7 Å². The summed E-state index contributed by atoms with van der Waals surface area (Å²) in [7, 11) is 0. The maximum Gasteiger partial charge on any atom is 0.271 e. The van der Waals surface area contributed by atoms with Crippen molar-refractivity contribution in [3.8, 4) is 0 Å². The van der Waals surface area contributed by atoms with Gasteiger partial charge in [0.25, 0.3) is 5.92 Å². The van der Waals surface area contributed by atoms with Crippen LogP contribution in [-0.4, -0.2) is 0 Å². The fourth-order valence-corrected chi connectivity index (χ4v) is 1.50. The molecule has 2 N–H and O–H groups in total. The quantitative estimate of drug-likeness (QED) is 0.744. The minimum atomic E-state index is -2.85. The van der Waals surface area contributed by atoms with Crippen molar-refractivity contribution in [2.75, 3.05) is 5.73 Å². The maximum absolute atomic E-state index is 12.8. The molecule has 0 atom stereocenters. The monoisotopic (exact) mass is 235 g/mol. The van der Waals surface area contributed by atoms with Crippen LogP contribution < -0.4 is 5.73 Å². The van der Waals surface area contributed by atoms with Gasteiger partial charge in [-0.2, -0.15) is 0 Å². The number of hydrogen-bond acceptors (Lipinski definition) is 1. The van der Waals surface area contributed by atoms with Crippen LogP contribution in [-0.2, 0) is 5.92 Å². The first-order valence-corrected chi connectivity index (χ1v) is 4.14. The number of halogens is 3. The Balaban J connectivity index is 3.26. The predicted molar refractivity (Wildman–Crippen MR) is 48.1 cm³/mol. The normalized spacial score (nSPS) is 11.7. The molecule has 0 aromatic heterocycles. The fraction of sp³-hybridized carbons (Fsp3) is 0.250. The zero-order chi connectivity index (χ0) is 9.35. The van der Waals surface area contributed by atoms with E-state index in [1.807, 2.05) is 0 Å². The molecule has 0 saturated heterocycles. The van der Waals surface area contributed by atoms with Crippen molar-refractivity contribution in [3.05, 3.63) is 28.2 Å². The van der Waals surface area contributed by atoms with Crippen LogP contribution >= 0.6 is 15.9 Å². The van der Waals surface area contributed by atoms with Gasteiger partial charge in [-0.25, -0.2) is 8.78 Å². The Kier molecular flexibility index (Phi) is 2.37. The van der Waals surface area contributed by atoms with E-state index in [0.29, 0.717) is 5.69 Å². The molecule has 12 heavy (non-hydrogen) atoms. The summed E-state index contributed by atoms with van der Waals surface area (Å²) < 4.78 is 25.9. The molecule has 0 unspecified atom stereocenters. The van der Waals surface area contributed by atoms with Gasteiger partial charge in [-0.1, -0.05) is 12.1 Å². The number of nitrogen functional groups attached to an aromatic ring is 1. The average molecular weight is 236 g/mol. The first kappa shape index (κ1) is 9.45. The van der Waals surface area contributed by atoms with Gasteiger partial charge in [-0.3, -0.25) is 0 Å². The molecule has 0 fully saturated rings. The third-order valence-corrected chi connectivity index (χ3v) is 2.39. The van der Waals surface area contributed by atoms with E-state index in [9.17, 15) is 8.78 Å². The van der Waals surface area contributed by atoms with Gasteiger partial charge in [-0.15, -0.1) is 0 Å². The van der Waals surface area contributed by atoms with Crippen LogP contribution in [0.5, 0.6) is 0 Å². The van der Waals surface area contributed by atoms with Crippen LogP contribution in [0.1, 0.15) is 12.5 Å². The Bertz CT molecular complexity index is 294. The summed E-state index contributed by atoms with van der Waals surface area (Å²) in [6.07, 6.45) is 0. The van der Waals surface area contributed by atoms with Gasteiger partial charge in [-0.05, 0) is 22.0 Å². The van der Waals surface area contributed by atoms with Crippen LogP contribution in [0.4, 0.5) is 14.5 Å². The highest BCUT2D eigenvalue weighted by molar-refractivity contribution is 9.10. The highest BCUT2D eigenvalue weighted by Crippen LogP contribution is 2.35. The third kappa shape index (κ3) is 1.75. The Morgan fingerprint density at radius 1 is 1.42 bits per heavy atom. The lowest BCUT2D eigenvalue weighted by Gasteiger charge is -2.13. The largest absolute Gasteiger partial charge is 0.398 e. The average Bonchev–Trinajstić information content (AvgIpc) is 1.92. The molecular formula is C8H8BrF2N. The Labute approximate surface area is 77.7 Å². The van der Waals surface area contributed by atoms with Crippen molar-refractivity contribution >= 4 is 21.6 Å². The summed E-state index contributed by atoms with van der Waals surface area (Å²) >= 11 is 3.01. The summed E-state index contributed by atoms with van der Waals surface area (Å²) in [6.45, 7) is 0.840. The van der Waals surface area contributed by atoms with E-state index in [4.69, 9.17) is 5.73 Å². The zero-order valence-corrected chi connectivity index (χ0v) is 8.03. The van der Waals surface area contributed by atoms with E-state index in [1.54, 1.807) is 6.07 Å². The number of alkyl halides is 2. The first-order valence-electron chi connectivity index (χ1n) is 3.35. The molecule has 0 aliphatic carbocycles. The van der Waals surface area contributed by atoms with Gasteiger partial charge in [0.05, 0.1) is 0 Å². The summed E-state index contributed by atoms with van der Waals surface area (Å²) in [4.78, 5) is 0. The topological polar surface area (TPSA) is 26.0 Å². The molecule has 1 rings (SSSR count). The van der Waals surface area contributed by atoms with Gasteiger partial charge in [0.1, 0.15) is 0 Å². The number of hydrogen-bond donors (Lipinski definition) is 1. The second kappa shape index (κ2) is 3.01. The van der Waals surface area contributed by atoms with Crippen molar-refractivity contribution in [2.24, 2.45) is 0 Å². The van der Waals surface area contributed by atoms with E-state index in [0.717, 1.165) is 6.92 Å². The lowest BCUT2D eigenvalue weighted by atomic mass is 10.1. The molecule has 0 bridgehead atoms. The molecule has 0 aliphatic heterocycles. The molecular weight excluding hydrogens is 228 g/mol. The number of nitrogens with two attached hydrogens (primary N) is 1. The van der Waals surface area contributed by atoms with E-state index in [2.05, 4.69) is 15.9 Å². The van der Waals surface area contributed by atoms with Crippen molar-refractivity contribution in [3.63, 3.8) is 0 Å². The molecule has 1 nitrogen and oxygen atoms in total. The smallest absolute Gasteiger partial charge is 0.271 e. The van der Waals surface area contributed by atoms with Crippen molar-refractivity contribution in [1.82, 2.24) is 0 Å². The van der Waals surface area contributed by atoms with Gasteiger partial charge >= 0.3 is 0 Å². The second-order valence-corrected chi connectivity index (χ2v) is 3.39. The highest BCUT2D eigenvalue weighted by Gasteiger charge is 2.27.